The zero-order valence-corrected chi connectivity index (χ0v) is 40.7. The zero-order valence-electron chi connectivity index (χ0n) is 37.4. The maximum atomic E-state index is 13.2. The molecule has 0 amide bonds. The molecule has 7 heterocycles. The molecule has 7 aromatic heterocycles. The van der Waals surface area contributed by atoms with Gasteiger partial charge < -0.3 is 29.4 Å². The van der Waals surface area contributed by atoms with E-state index in [4.69, 9.17) is 4.98 Å². The SMILES string of the molecule is CCCCCCc1ccsc1-c1cc(-c2cc(C(F)(F)F)n[n-]2)nc(-c2[c-]cc(CCCC)s2)c1.O=CO/C=C/c1ccnc(-c2cc(/C=C/OC=O)cc(-c3cc(/C=C/OC=O)ccn3)n2)c1.[Ru+2]. The molecule has 0 spiro atoms. The fraction of sp³-hybridized carbons (Fsp3) is 0.216. The van der Waals surface area contributed by atoms with E-state index in [2.05, 4.69) is 70.7 Å². The predicted octanol–water partition coefficient (Wildman–Crippen LogP) is 12.5. The summed E-state index contributed by atoms with van der Waals surface area (Å²) in [6, 6.07) is 22.9. The van der Waals surface area contributed by atoms with Gasteiger partial charge in [0.15, 0.2) is 0 Å². The van der Waals surface area contributed by atoms with Crippen molar-refractivity contribution in [1.29, 1.82) is 0 Å². The minimum atomic E-state index is -4.54. The number of hydrogen-bond donors (Lipinski definition) is 0. The van der Waals surface area contributed by atoms with Gasteiger partial charge in [-0.05, 0) is 125 Å². The van der Waals surface area contributed by atoms with E-state index in [1.165, 1.54) is 48.5 Å². The summed E-state index contributed by atoms with van der Waals surface area (Å²) in [4.78, 5) is 52.5. The van der Waals surface area contributed by atoms with Gasteiger partial charge in [-0.3, -0.25) is 24.4 Å². The molecule has 356 valence electrons. The molecule has 0 aliphatic rings. The molecule has 0 saturated heterocycles. The van der Waals surface area contributed by atoms with Crippen molar-refractivity contribution in [2.45, 2.75) is 71.4 Å². The molecule has 0 saturated carbocycles. The number of thiophene rings is 2. The van der Waals surface area contributed by atoms with Crippen molar-refractivity contribution in [3.63, 3.8) is 0 Å². The Balaban J connectivity index is 0.000000254. The van der Waals surface area contributed by atoms with E-state index in [1.807, 2.05) is 18.2 Å². The Morgan fingerprint density at radius 1 is 0.667 bits per heavy atom. The smallest absolute Gasteiger partial charge is 0.573 e. The number of pyridine rings is 4. The van der Waals surface area contributed by atoms with Gasteiger partial charge in [-0.15, -0.1) is 11.3 Å². The molecule has 0 aliphatic heterocycles. The van der Waals surface area contributed by atoms with Crippen LogP contribution in [0.1, 0.15) is 85.2 Å². The summed E-state index contributed by atoms with van der Waals surface area (Å²) in [6.07, 6.45) is 16.2. The number of alkyl halides is 3. The molecule has 12 nitrogen and oxygen atoms in total. The molecule has 69 heavy (non-hydrogen) atoms. The first kappa shape index (κ1) is 53.2. The van der Waals surface area contributed by atoms with Crippen LogP contribution in [0.25, 0.3) is 73.4 Å². The Hall–Kier alpha value is -6.75. The van der Waals surface area contributed by atoms with E-state index < -0.39 is 11.9 Å². The summed E-state index contributed by atoms with van der Waals surface area (Å²) in [5.41, 5.74) is 6.81. The predicted molar refractivity (Wildman–Crippen MR) is 257 cm³/mol. The minimum absolute atomic E-state index is 0. The van der Waals surface area contributed by atoms with Gasteiger partial charge in [0.2, 0.25) is 0 Å². The van der Waals surface area contributed by atoms with E-state index in [0.29, 0.717) is 59.1 Å². The van der Waals surface area contributed by atoms with Gasteiger partial charge in [-0.1, -0.05) is 73.9 Å². The molecule has 0 unspecified atom stereocenters. The van der Waals surface area contributed by atoms with Crippen molar-refractivity contribution >= 4 is 60.3 Å². The van der Waals surface area contributed by atoms with Gasteiger partial charge in [0, 0.05) is 23.0 Å². The first-order valence-corrected chi connectivity index (χ1v) is 23.2. The molecule has 0 bridgehead atoms. The number of nitrogens with zero attached hydrogens (tertiary/aromatic N) is 6. The molecular formula is C51H45F3N6O6RuS2. The largest absolute Gasteiger partial charge is 2.00 e. The topological polar surface area (TPSA) is 157 Å². The van der Waals surface area contributed by atoms with Gasteiger partial charge in [0.25, 0.3) is 19.4 Å². The van der Waals surface area contributed by atoms with E-state index in [1.54, 1.807) is 89.7 Å². The fourth-order valence-corrected chi connectivity index (χ4v) is 8.57. The Morgan fingerprint density at radius 2 is 1.25 bits per heavy atom. The molecule has 0 atom stereocenters. The van der Waals surface area contributed by atoms with Crippen molar-refractivity contribution in [3.05, 3.63) is 142 Å². The Bertz CT molecular complexity index is 2780. The van der Waals surface area contributed by atoms with Crippen LogP contribution in [0.5, 0.6) is 0 Å². The minimum Gasteiger partial charge on any atom is -0.573 e. The summed E-state index contributed by atoms with van der Waals surface area (Å²) in [7, 11) is 0. The van der Waals surface area contributed by atoms with E-state index in [-0.39, 0.29) is 25.2 Å². The fourth-order valence-electron chi connectivity index (χ4n) is 6.67. The number of aromatic nitrogens is 6. The molecule has 7 aromatic rings. The normalized spacial score (nSPS) is 11.3. The molecule has 18 heteroatoms. The number of halogens is 3. The molecule has 0 radical (unpaired) electrons. The van der Waals surface area contributed by atoms with Crippen LogP contribution in [0, 0.1) is 6.07 Å². The molecule has 0 aliphatic carbocycles. The maximum absolute atomic E-state index is 13.2. The summed E-state index contributed by atoms with van der Waals surface area (Å²) >= 11 is 3.29. The number of hydrogen-bond acceptors (Lipinski definition) is 13. The average Bonchev–Trinajstić information content (AvgIpc) is 4.16. The summed E-state index contributed by atoms with van der Waals surface area (Å²) in [5.74, 6) is 0. The maximum Gasteiger partial charge on any atom is 2.00 e. The quantitative estimate of drug-likeness (QED) is 0.0158. The molecule has 0 fully saturated rings. The van der Waals surface area contributed by atoms with Gasteiger partial charge in [0.1, 0.15) is 5.69 Å². The first-order chi connectivity index (χ1) is 33.1. The number of rotatable bonds is 22. The Morgan fingerprint density at radius 3 is 1.83 bits per heavy atom. The first-order valence-electron chi connectivity index (χ1n) is 21.5. The second kappa shape index (κ2) is 27.3. The van der Waals surface area contributed by atoms with Crippen molar-refractivity contribution in [2.24, 2.45) is 0 Å². The number of carbonyl (C=O) groups is 3. The molecular weight excluding hydrogens is 1010 g/mol. The van der Waals surface area contributed by atoms with Crippen LogP contribution < -0.4 is 5.10 Å². The van der Waals surface area contributed by atoms with Crippen LogP contribution in [0.15, 0.2) is 103 Å². The number of unbranched alkanes of at least 4 members (excludes halogenated alkanes) is 4. The van der Waals surface area contributed by atoms with E-state index in [9.17, 15) is 27.6 Å². The second-order valence-electron chi connectivity index (χ2n) is 14.8. The Kier molecular flexibility index (Phi) is 21.1. The summed E-state index contributed by atoms with van der Waals surface area (Å²) in [5, 5.41) is 9.24. The van der Waals surface area contributed by atoms with Gasteiger partial charge >= 0.3 is 25.7 Å². The monoisotopic (exact) mass is 1060 g/mol. The van der Waals surface area contributed by atoms with Crippen LogP contribution in [0.2, 0.25) is 0 Å². The third-order valence-electron chi connectivity index (χ3n) is 9.96. The van der Waals surface area contributed by atoms with E-state index >= 15 is 0 Å². The van der Waals surface area contributed by atoms with Gasteiger partial charge in [-0.2, -0.15) is 25.3 Å². The number of carbonyl (C=O) groups excluding carboxylic acids is 3. The molecule has 7 rings (SSSR count). The Labute approximate surface area is 418 Å². The van der Waals surface area contributed by atoms with E-state index in [0.717, 1.165) is 64.6 Å². The van der Waals surface area contributed by atoms with Crippen molar-refractivity contribution < 1.29 is 61.2 Å². The van der Waals surface area contributed by atoms with Crippen LogP contribution in [-0.2, 0) is 67.1 Å². The third-order valence-corrected chi connectivity index (χ3v) is 12.1. The number of aryl methyl sites for hydroxylation is 2. The van der Waals surface area contributed by atoms with Crippen LogP contribution >= 0.6 is 22.7 Å². The van der Waals surface area contributed by atoms with Crippen molar-refractivity contribution in [3.8, 4) is 55.2 Å². The molecule has 0 aromatic carbocycles. The van der Waals surface area contributed by atoms with Gasteiger partial charge in [-0.25, -0.2) is 16.3 Å². The summed E-state index contributed by atoms with van der Waals surface area (Å²) < 4.78 is 53.3. The van der Waals surface area contributed by atoms with Crippen molar-refractivity contribution in [1.82, 2.24) is 30.1 Å². The molecule has 0 N–H and O–H groups in total. The van der Waals surface area contributed by atoms with Gasteiger partial charge in [0.05, 0.1) is 41.6 Å². The van der Waals surface area contributed by atoms with Crippen LogP contribution in [0.4, 0.5) is 13.2 Å². The standard InChI is InChI=1S/C27H28F3N3S2.C24H17N3O6.Ru/c1-3-5-7-8-9-18-13-14-34-26(18)19-15-21(22-17-25(33-32-22)27(28,29)30)31-23(16-19)24-12-11-20(35-24)10-6-4-2;28-15-31-8-3-18-1-6-25-21(11-18)23-13-20(5-10-33-17-30)14-24(27-23)22-12-19(2-7-26-22)4-9-32-16-29;/h11,13-17H,3-10H2,1-2H3;1-17H;/q-2;;+2/b;8-3+,9-4+,10-5+;. The van der Waals surface area contributed by atoms with Crippen LogP contribution in [0.3, 0.4) is 0 Å². The zero-order chi connectivity index (χ0) is 48.1. The average molecular weight is 1060 g/mol. The summed E-state index contributed by atoms with van der Waals surface area (Å²) in [6.45, 7) is 5.32. The third kappa shape index (κ3) is 15.9. The number of ether oxygens (including phenoxy) is 3. The van der Waals surface area contributed by atoms with Crippen molar-refractivity contribution in [2.75, 3.05) is 0 Å². The second-order valence-corrected chi connectivity index (χ2v) is 16.9. The van der Waals surface area contributed by atoms with Crippen LogP contribution in [-0.4, -0.2) is 44.5 Å².